The van der Waals surface area contributed by atoms with Crippen LogP contribution in [0.3, 0.4) is 0 Å². The highest BCUT2D eigenvalue weighted by Gasteiger charge is 2.43. The summed E-state index contributed by atoms with van der Waals surface area (Å²) in [6, 6.07) is 14.4. The number of nitrogens with zero attached hydrogens (tertiary/aromatic N) is 5. The molecule has 2 unspecified atom stereocenters. The van der Waals surface area contributed by atoms with Gasteiger partial charge in [-0.1, -0.05) is 30.8 Å². The molecule has 2 atom stereocenters. The number of aryl methyl sites for hydroxylation is 1. The van der Waals surface area contributed by atoms with E-state index in [4.69, 9.17) is 4.74 Å². The summed E-state index contributed by atoms with van der Waals surface area (Å²) < 4.78 is 20.4. The average molecular weight is 468 g/mol. The maximum Gasteiger partial charge on any atom is 0.264 e. The zero-order valence-electron chi connectivity index (χ0n) is 18.6. The minimum Gasteiger partial charge on any atom is -0.497 e. The van der Waals surface area contributed by atoms with Crippen LogP contribution in [0.1, 0.15) is 29.1 Å². The van der Waals surface area contributed by atoms with Crippen LogP contribution in [0.15, 0.2) is 53.7 Å². The maximum atomic E-state index is 13.7. The first-order valence-corrected chi connectivity index (χ1v) is 12.0. The van der Waals surface area contributed by atoms with Crippen LogP contribution in [-0.2, 0) is 6.42 Å². The first kappa shape index (κ1) is 21.9. The van der Waals surface area contributed by atoms with E-state index in [-0.39, 0.29) is 23.0 Å². The number of carbonyl (C=O) groups is 1. The number of aromatic nitrogens is 3. The SMILES string of the molecule is CCc1nc2n(n1)C(=O)C(C(c1ccc(F)cc1)N1CCN(c3ccc(OC)cc3)CC1)S2. The molecule has 0 saturated carbocycles. The minimum atomic E-state index is -0.371. The average Bonchev–Trinajstić information content (AvgIpc) is 3.40. The van der Waals surface area contributed by atoms with Gasteiger partial charge in [0.05, 0.1) is 13.2 Å². The van der Waals surface area contributed by atoms with Gasteiger partial charge in [0.2, 0.25) is 0 Å². The van der Waals surface area contributed by atoms with Gasteiger partial charge in [0.15, 0.2) is 11.0 Å². The molecular formula is C24H26FN5O2S. The highest BCUT2D eigenvalue weighted by Crippen LogP contribution is 2.41. The van der Waals surface area contributed by atoms with E-state index in [1.165, 1.54) is 28.6 Å². The van der Waals surface area contributed by atoms with Gasteiger partial charge in [-0.05, 0) is 42.0 Å². The molecule has 7 nitrogen and oxygen atoms in total. The Kier molecular flexibility index (Phi) is 6.07. The number of anilines is 1. The van der Waals surface area contributed by atoms with Gasteiger partial charge in [0.25, 0.3) is 5.91 Å². The Morgan fingerprint density at radius 3 is 2.39 bits per heavy atom. The van der Waals surface area contributed by atoms with Gasteiger partial charge in [-0.15, -0.1) is 5.10 Å². The van der Waals surface area contributed by atoms with E-state index < -0.39 is 0 Å². The Balaban J connectivity index is 1.37. The number of piperazine rings is 1. The quantitative estimate of drug-likeness (QED) is 0.548. The number of fused-ring (bicyclic) bond motifs is 1. The number of halogens is 1. The maximum absolute atomic E-state index is 13.7. The Morgan fingerprint density at radius 2 is 1.79 bits per heavy atom. The molecule has 3 aromatic rings. The second-order valence-electron chi connectivity index (χ2n) is 8.17. The highest BCUT2D eigenvalue weighted by atomic mass is 32.2. The Morgan fingerprint density at radius 1 is 1.09 bits per heavy atom. The molecule has 1 fully saturated rings. The van der Waals surface area contributed by atoms with Crippen molar-refractivity contribution in [3.63, 3.8) is 0 Å². The lowest BCUT2D eigenvalue weighted by Crippen LogP contribution is -2.50. The van der Waals surface area contributed by atoms with Crippen molar-refractivity contribution >= 4 is 23.4 Å². The molecule has 2 aliphatic heterocycles. The molecule has 0 amide bonds. The molecule has 172 valence electrons. The monoisotopic (exact) mass is 467 g/mol. The number of hydrogen-bond acceptors (Lipinski definition) is 7. The molecule has 0 radical (unpaired) electrons. The van der Waals surface area contributed by atoms with Crippen molar-refractivity contribution in [3.8, 4) is 5.75 Å². The fourth-order valence-corrected chi connectivity index (χ4v) is 5.75. The van der Waals surface area contributed by atoms with Gasteiger partial charge in [-0.2, -0.15) is 4.68 Å². The first-order chi connectivity index (χ1) is 16.1. The second kappa shape index (κ2) is 9.15. The fraction of sp³-hybridized carbons (Fsp3) is 0.375. The molecule has 5 rings (SSSR count). The van der Waals surface area contributed by atoms with Crippen LogP contribution in [-0.4, -0.2) is 64.1 Å². The number of carbonyl (C=O) groups excluding carboxylic acids is 1. The summed E-state index contributed by atoms with van der Waals surface area (Å²) in [6.45, 7) is 5.21. The smallest absolute Gasteiger partial charge is 0.264 e. The fourth-order valence-electron chi connectivity index (χ4n) is 4.48. The Hall–Kier alpha value is -2.91. The lowest BCUT2D eigenvalue weighted by molar-refractivity contribution is 0.0830. The molecule has 0 spiro atoms. The largest absolute Gasteiger partial charge is 0.497 e. The summed E-state index contributed by atoms with van der Waals surface area (Å²) in [4.78, 5) is 22.5. The summed E-state index contributed by atoms with van der Waals surface area (Å²) >= 11 is 1.46. The zero-order chi connectivity index (χ0) is 22.9. The van der Waals surface area contributed by atoms with E-state index in [0.29, 0.717) is 17.4 Å². The Labute approximate surface area is 196 Å². The first-order valence-electron chi connectivity index (χ1n) is 11.1. The Bertz CT molecular complexity index is 1130. The third-order valence-corrected chi connectivity index (χ3v) is 7.45. The number of rotatable bonds is 6. The van der Waals surface area contributed by atoms with Crippen molar-refractivity contribution in [1.82, 2.24) is 19.7 Å². The molecule has 9 heteroatoms. The van der Waals surface area contributed by atoms with Crippen LogP contribution in [0.25, 0.3) is 0 Å². The lowest BCUT2D eigenvalue weighted by Gasteiger charge is -2.41. The van der Waals surface area contributed by atoms with Crippen LogP contribution >= 0.6 is 11.8 Å². The third kappa shape index (κ3) is 4.22. The highest BCUT2D eigenvalue weighted by molar-refractivity contribution is 8.00. The van der Waals surface area contributed by atoms with Gasteiger partial charge in [0, 0.05) is 38.3 Å². The molecule has 2 aliphatic rings. The predicted molar refractivity (Wildman–Crippen MR) is 126 cm³/mol. The number of ether oxygens (including phenoxy) is 1. The van der Waals surface area contributed by atoms with Gasteiger partial charge in [-0.3, -0.25) is 9.69 Å². The van der Waals surface area contributed by atoms with Crippen molar-refractivity contribution in [1.29, 1.82) is 0 Å². The van der Waals surface area contributed by atoms with E-state index in [1.807, 2.05) is 19.1 Å². The number of benzene rings is 2. The molecule has 1 aromatic heterocycles. The third-order valence-electron chi connectivity index (χ3n) is 6.27. The van der Waals surface area contributed by atoms with Crippen molar-refractivity contribution < 1.29 is 13.9 Å². The number of hydrogen-bond donors (Lipinski definition) is 0. The molecule has 0 aliphatic carbocycles. The number of methoxy groups -OCH3 is 1. The van der Waals surface area contributed by atoms with Crippen molar-refractivity contribution in [2.75, 3.05) is 38.2 Å². The van der Waals surface area contributed by atoms with Gasteiger partial charge in [0.1, 0.15) is 16.8 Å². The molecule has 33 heavy (non-hydrogen) atoms. The van der Waals surface area contributed by atoms with E-state index in [2.05, 4.69) is 32.0 Å². The van der Waals surface area contributed by atoms with Crippen molar-refractivity contribution in [3.05, 3.63) is 65.7 Å². The van der Waals surface area contributed by atoms with Crippen LogP contribution in [0.2, 0.25) is 0 Å². The molecular weight excluding hydrogens is 441 g/mol. The lowest BCUT2D eigenvalue weighted by atomic mass is 10.00. The normalized spacial score (nSPS) is 19.5. The summed E-state index contributed by atoms with van der Waals surface area (Å²) in [5.74, 6) is 1.17. The second-order valence-corrected chi connectivity index (χ2v) is 9.28. The molecule has 3 heterocycles. The summed E-state index contributed by atoms with van der Waals surface area (Å²) in [5.41, 5.74) is 2.08. The zero-order valence-corrected chi connectivity index (χ0v) is 19.5. The van der Waals surface area contributed by atoms with Crippen LogP contribution in [0, 0.1) is 5.82 Å². The van der Waals surface area contributed by atoms with Crippen LogP contribution in [0.4, 0.5) is 10.1 Å². The van der Waals surface area contributed by atoms with E-state index in [0.717, 1.165) is 43.2 Å². The van der Waals surface area contributed by atoms with Crippen LogP contribution < -0.4 is 9.64 Å². The van der Waals surface area contributed by atoms with Gasteiger partial charge >= 0.3 is 0 Å². The van der Waals surface area contributed by atoms with E-state index >= 15 is 0 Å². The molecule has 1 saturated heterocycles. The van der Waals surface area contributed by atoms with E-state index in [9.17, 15) is 9.18 Å². The molecule has 0 N–H and O–H groups in total. The summed E-state index contributed by atoms with van der Waals surface area (Å²) in [5, 5.41) is 4.65. The molecule has 2 aromatic carbocycles. The van der Waals surface area contributed by atoms with Gasteiger partial charge in [-0.25, -0.2) is 9.37 Å². The van der Waals surface area contributed by atoms with Crippen LogP contribution in [0.5, 0.6) is 5.75 Å². The standard InChI is InChI=1S/C24H26FN5O2S/c1-3-20-26-24-30(27-20)23(31)22(33-24)21(16-4-6-17(25)7-5-16)29-14-12-28(13-15-29)18-8-10-19(32-2)11-9-18/h4-11,21-22H,3,12-15H2,1-2H3. The van der Waals surface area contributed by atoms with Crippen molar-refractivity contribution in [2.24, 2.45) is 0 Å². The van der Waals surface area contributed by atoms with Crippen molar-refractivity contribution in [2.45, 2.75) is 29.8 Å². The number of thioether (sulfide) groups is 1. The van der Waals surface area contributed by atoms with Gasteiger partial charge < -0.3 is 9.64 Å². The van der Waals surface area contributed by atoms with E-state index in [1.54, 1.807) is 19.2 Å². The topological polar surface area (TPSA) is 63.5 Å². The summed E-state index contributed by atoms with van der Waals surface area (Å²) in [6.07, 6.45) is 0.688. The minimum absolute atomic E-state index is 0.0610. The summed E-state index contributed by atoms with van der Waals surface area (Å²) in [7, 11) is 1.66. The predicted octanol–water partition coefficient (Wildman–Crippen LogP) is 3.67. The molecule has 0 bridgehead atoms.